The van der Waals surface area contributed by atoms with Crippen molar-refractivity contribution < 1.29 is 0 Å². The number of para-hydroxylation sites is 1. The molecular weight excluding hydrogens is 675 g/mol. The van der Waals surface area contributed by atoms with Gasteiger partial charge >= 0.3 is 0 Å². The highest BCUT2D eigenvalue weighted by molar-refractivity contribution is 5.97. The molecule has 0 amide bonds. The van der Waals surface area contributed by atoms with Crippen molar-refractivity contribution in [3.8, 4) is 55.6 Å². The number of nitrogens with zero attached hydrogens (tertiary/aromatic N) is 1. The van der Waals surface area contributed by atoms with Crippen LogP contribution in [0.2, 0.25) is 0 Å². The lowest BCUT2D eigenvalue weighted by molar-refractivity contribution is 0.794. The molecule has 0 aliphatic heterocycles. The molecule has 0 saturated carbocycles. The summed E-state index contributed by atoms with van der Waals surface area (Å²) in [4.78, 5) is 2.45. The van der Waals surface area contributed by atoms with Gasteiger partial charge in [0.05, 0.1) is 11.1 Å². The summed E-state index contributed by atoms with van der Waals surface area (Å²) < 4.78 is 0. The summed E-state index contributed by atoms with van der Waals surface area (Å²) in [5.74, 6) is 0. The van der Waals surface area contributed by atoms with Gasteiger partial charge in [-0.1, -0.05) is 188 Å². The molecule has 2 aliphatic rings. The smallest absolute Gasteiger partial charge is 0.0725 e. The molecule has 56 heavy (non-hydrogen) atoms. The Kier molecular flexibility index (Phi) is 7.47. The maximum atomic E-state index is 2.45. The number of anilines is 3. The van der Waals surface area contributed by atoms with Gasteiger partial charge in [0.15, 0.2) is 0 Å². The number of hydrogen-bond acceptors (Lipinski definition) is 1. The van der Waals surface area contributed by atoms with E-state index in [1.54, 1.807) is 0 Å². The summed E-state index contributed by atoms with van der Waals surface area (Å²) in [5.41, 5.74) is 20.8. The van der Waals surface area contributed by atoms with E-state index in [2.05, 4.69) is 229 Å². The second-order valence-electron chi connectivity index (χ2n) is 14.8. The van der Waals surface area contributed by atoms with Crippen LogP contribution < -0.4 is 4.90 Å². The quantitative estimate of drug-likeness (QED) is 0.166. The first-order valence-electron chi connectivity index (χ1n) is 19.4. The SMILES string of the molecule is c1ccc(-c2ccc(N(c3ccc4c(c3)-c3ccccc3C43c4ccccc4-c4ccccc43)c3ccccc3-c3cccc(-c4ccccc4)c3)cc2)cc1. The Morgan fingerprint density at radius 2 is 0.679 bits per heavy atom. The third-order valence-corrected chi connectivity index (χ3v) is 11.9. The van der Waals surface area contributed by atoms with Gasteiger partial charge in [-0.25, -0.2) is 0 Å². The molecule has 0 heterocycles. The van der Waals surface area contributed by atoms with Gasteiger partial charge < -0.3 is 4.90 Å². The van der Waals surface area contributed by atoms with Gasteiger partial charge in [0.1, 0.15) is 0 Å². The lowest BCUT2D eigenvalue weighted by atomic mass is 9.70. The summed E-state index contributed by atoms with van der Waals surface area (Å²) in [6.07, 6.45) is 0. The number of hydrogen-bond donors (Lipinski definition) is 0. The molecule has 0 bridgehead atoms. The van der Waals surface area contributed by atoms with Crippen molar-refractivity contribution in [2.24, 2.45) is 0 Å². The van der Waals surface area contributed by atoms with Crippen LogP contribution in [0.1, 0.15) is 22.3 Å². The monoisotopic (exact) mass is 711 g/mol. The van der Waals surface area contributed by atoms with E-state index in [0.717, 1.165) is 17.1 Å². The van der Waals surface area contributed by atoms with Gasteiger partial charge in [0.2, 0.25) is 0 Å². The zero-order valence-corrected chi connectivity index (χ0v) is 30.8. The molecule has 0 atom stereocenters. The Bertz CT molecular complexity index is 2860. The van der Waals surface area contributed by atoms with Crippen LogP contribution in [0.15, 0.2) is 224 Å². The minimum atomic E-state index is -0.379. The van der Waals surface area contributed by atoms with Crippen LogP contribution in [0.3, 0.4) is 0 Å². The largest absolute Gasteiger partial charge is 0.310 e. The summed E-state index contributed by atoms with van der Waals surface area (Å²) >= 11 is 0. The molecule has 262 valence electrons. The number of rotatable bonds is 6. The Balaban J connectivity index is 1.13. The molecule has 0 N–H and O–H groups in total. The molecule has 1 nitrogen and oxygen atoms in total. The van der Waals surface area contributed by atoms with Crippen LogP contribution in [-0.4, -0.2) is 0 Å². The first kappa shape index (κ1) is 32.2. The van der Waals surface area contributed by atoms with Crippen LogP contribution in [0.25, 0.3) is 55.6 Å². The molecule has 1 heteroatoms. The van der Waals surface area contributed by atoms with Crippen molar-refractivity contribution in [3.05, 3.63) is 247 Å². The Morgan fingerprint density at radius 3 is 1.30 bits per heavy atom. The van der Waals surface area contributed by atoms with Crippen molar-refractivity contribution in [1.82, 2.24) is 0 Å². The maximum absolute atomic E-state index is 2.45. The Labute approximate surface area is 328 Å². The lowest BCUT2D eigenvalue weighted by Crippen LogP contribution is -2.25. The molecule has 1 spiro atoms. The van der Waals surface area contributed by atoms with E-state index < -0.39 is 0 Å². The zero-order chi connectivity index (χ0) is 37.1. The minimum Gasteiger partial charge on any atom is -0.310 e. The maximum Gasteiger partial charge on any atom is 0.0725 e. The molecule has 0 unspecified atom stereocenters. The molecule has 9 aromatic carbocycles. The van der Waals surface area contributed by atoms with Crippen LogP contribution in [0, 0.1) is 0 Å². The van der Waals surface area contributed by atoms with Crippen molar-refractivity contribution in [2.45, 2.75) is 5.41 Å². The summed E-state index contributed by atoms with van der Waals surface area (Å²) in [6, 6.07) is 82.4. The summed E-state index contributed by atoms with van der Waals surface area (Å²) in [6.45, 7) is 0. The number of benzene rings is 9. The van der Waals surface area contributed by atoms with Crippen molar-refractivity contribution in [1.29, 1.82) is 0 Å². The number of fused-ring (bicyclic) bond motifs is 10. The van der Waals surface area contributed by atoms with Crippen molar-refractivity contribution >= 4 is 17.1 Å². The van der Waals surface area contributed by atoms with E-state index in [1.807, 2.05) is 0 Å². The normalized spacial score (nSPS) is 12.8. The molecule has 0 radical (unpaired) electrons. The molecule has 9 aromatic rings. The lowest BCUT2D eigenvalue weighted by Gasteiger charge is -2.31. The summed E-state index contributed by atoms with van der Waals surface area (Å²) in [5, 5.41) is 0. The second-order valence-corrected chi connectivity index (χ2v) is 14.8. The van der Waals surface area contributed by atoms with Gasteiger partial charge in [-0.05, 0) is 109 Å². The first-order valence-corrected chi connectivity index (χ1v) is 19.4. The van der Waals surface area contributed by atoms with Crippen LogP contribution in [-0.2, 0) is 5.41 Å². The van der Waals surface area contributed by atoms with Crippen molar-refractivity contribution in [2.75, 3.05) is 4.90 Å². The highest BCUT2D eigenvalue weighted by Gasteiger charge is 2.51. The van der Waals surface area contributed by atoms with Gasteiger partial charge in [-0.15, -0.1) is 0 Å². The van der Waals surface area contributed by atoms with E-state index >= 15 is 0 Å². The van der Waals surface area contributed by atoms with E-state index in [4.69, 9.17) is 0 Å². The average molecular weight is 712 g/mol. The van der Waals surface area contributed by atoms with Crippen molar-refractivity contribution in [3.63, 3.8) is 0 Å². The van der Waals surface area contributed by atoms with E-state index in [-0.39, 0.29) is 5.41 Å². The highest BCUT2D eigenvalue weighted by Crippen LogP contribution is 2.63. The third kappa shape index (κ3) is 4.88. The summed E-state index contributed by atoms with van der Waals surface area (Å²) in [7, 11) is 0. The Morgan fingerprint density at radius 1 is 0.250 bits per heavy atom. The van der Waals surface area contributed by atoms with Crippen LogP contribution in [0.4, 0.5) is 17.1 Å². The topological polar surface area (TPSA) is 3.24 Å². The van der Waals surface area contributed by atoms with Gasteiger partial charge in [-0.2, -0.15) is 0 Å². The third-order valence-electron chi connectivity index (χ3n) is 11.9. The molecule has 0 aromatic heterocycles. The fraction of sp³-hybridized carbons (Fsp3) is 0.0182. The van der Waals surface area contributed by atoms with E-state index in [9.17, 15) is 0 Å². The first-order chi connectivity index (χ1) is 27.8. The molecule has 0 fully saturated rings. The highest BCUT2D eigenvalue weighted by atomic mass is 15.1. The van der Waals surface area contributed by atoms with Crippen LogP contribution >= 0.6 is 0 Å². The van der Waals surface area contributed by atoms with Gasteiger partial charge in [0.25, 0.3) is 0 Å². The minimum absolute atomic E-state index is 0.379. The van der Waals surface area contributed by atoms with Gasteiger partial charge in [-0.3, -0.25) is 0 Å². The fourth-order valence-electron chi connectivity index (χ4n) is 9.50. The average Bonchev–Trinajstić information content (AvgIpc) is 3.75. The molecule has 11 rings (SSSR count). The predicted molar refractivity (Wildman–Crippen MR) is 234 cm³/mol. The standard InChI is InChI=1S/C55H37N/c1-3-16-38(17-4-1)40-30-32-43(33-31-40)56(54-29-14-10-22-45(54)42-21-15-20-41(36-42)39-18-5-2-6-19-39)44-34-35-53-49(37-44)48-25-9-13-28-52(48)55(53)50-26-11-7-23-46(50)47-24-8-12-27-51(47)55/h1-37H. The molecule has 0 saturated heterocycles. The van der Waals surface area contributed by atoms with Crippen LogP contribution in [0.5, 0.6) is 0 Å². The van der Waals surface area contributed by atoms with E-state index in [0.29, 0.717) is 0 Å². The zero-order valence-electron chi connectivity index (χ0n) is 30.8. The van der Waals surface area contributed by atoms with E-state index in [1.165, 1.54) is 77.9 Å². The molecular formula is C55H37N. The molecule has 2 aliphatic carbocycles. The van der Waals surface area contributed by atoms with Gasteiger partial charge in [0, 0.05) is 16.9 Å². The predicted octanol–water partition coefficient (Wildman–Crippen LogP) is 14.5. The Hall–Kier alpha value is -7.22. The second kappa shape index (κ2) is 13.0. The fourth-order valence-corrected chi connectivity index (χ4v) is 9.50.